The Morgan fingerprint density at radius 1 is 1.33 bits per heavy atom. The molecule has 1 unspecified atom stereocenters. The van der Waals surface area contributed by atoms with Crippen LogP contribution in [-0.4, -0.2) is 37.1 Å². The molecule has 27 heavy (non-hydrogen) atoms. The first-order chi connectivity index (χ1) is 13.0. The quantitative estimate of drug-likeness (QED) is 0.589. The van der Waals surface area contributed by atoms with E-state index in [1.54, 1.807) is 29.3 Å². The molecule has 142 valence electrons. The number of carbonyl (C=O) groups excluding carboxylic acids is 1. The molecule has 1 saturated heterocycles. The Morgan fingerprint density at radius 2 is 2.11 bits per heavy atom. The third-order valence-corrected chi connectivity index (χ3v) is 5.77. The Labute approximate surface area is 167 Å². The number of aromatic nitrogens is 2. The Bertz CT molecular complexity index is 983. The van der Waals surface area contributed by atoms with Gasteiger partial charge in [-0.25, -0.2) is 4.98 Å². The van der Waals surface area contributed by atoms with Crippen LogP contribution in [0.1, 0.15) is 39.2 Å². The molecule has 0 aliphatic carbocycles. The first-order valence-corrected chi connectivity index (χ1v) is 10.2. The second-order valence-corrected chi connectivity index (χ2v) is 8.02. The van der Waals surface area contributed by atoms with Gasteiger partial charge in [-0.15, -0.1) is 0 Å². The smallest absolute Gasteiger partial charge is 0.267 e. The third kappa shape index (κ3) is 3.77. The number of hydrogen-bond acceptors (Lipinski definition) is 6. The van der Waals surface area contributed by atoms with E-state index in [-0.39, 0.29) is 17.5 Å². The molecule has 1 aliphatic heterocycles. The summed E-state index contributed by atoms with van der Waals surface area (Å²) >= 11 is 6.61. The van der Waals surface area contributed by atoms with Crippen LogP contribution >= 0.6 is 24.0 Å². The molecule has 0 aromatic carbocycles. The molecule has 0 radical (unpaired) electrons. The van der Waals surface area contributed by atoms with Crippen molar-refractivity contribution in [1.29, 1.82) is 0 Å². The molecule has 0 spiro atoms. The van der Waals surface area contributed by atoms with Gasteiger partial charge in [0.15, 0.2) is 0 Å². The maximum Gasteiger partial charge on any atom is 0.267 e. The lowest BCUT2D eigenvalue weighted by molar-refractivity contribution is -0.123. The monoisotopic (exact) mass is 402 g/mol. The van der Waals surface area contributed by atoms with Crippen molar-refractivity contribution in [2.24, 2.45) is 0 Å². The number of thiocarbonyl (C=S) groups is 1. The molecule has 3 heterocycles. The number of nitrogens with one attached hydrogen (secondary N) is 1. The summed E-state index contributed by atoms with van der Waals surface area (Å²) in [6.45, 7) is 6.70. The highest BCUT2D eigenvalue weighted by molar-refractivity contribution is 8.26. The van der Waals surface area contributed by atoms with Crippen LogP contribution < -0.4 is 10.9 Å². The fourth-order valence-corrected chi connectivity index (χ4v) is 4.23. The highest BCUT2D eigenvalue weighted by Gasteiger charge is 2.35. The van der Waals surface area contributed by atoms with Crippen molar-refractivity contribution in [2.75, 3.05) is 11.9 Å². The average molecular weight is 403 g/mol. The van der Waals surface area contributed by atoms with Crippen molar-refractivity contribution >= 4 is 51.7 Å². The lowest BCUT2D eigenvalue weighted by Gasteiger charge is -2.21. The third-order valence-electron chi connectivity index (χ3n) is 4.44. The first kappa shape index (κ1) is 19.6. The predicted molar refractivity (Wildman–Crippen MR) is 115 cm³/mol. The van der Waals surface area contributed by atoms with E-state index in [9.17, 15) is 9.59 Å². The molecule has 1 amide bonds. The molecule has 1 aliphatic rings. The number of nitrogens with zero attached hydrogens (tertiary/aromatic N) is 3. The summed E-state index contributed by atoms with van der Waals surface area (Å²) in [7, 11) is 0. The summed E-state index contributed by atoms with van der Waals surface area (Å²) < 4.78 is 2.01. The molecule has 2 aromatic rings. The molecule has 6 nitrogen and oxygen atoms in total. The van der Waals surface area contributed by atoms with Crippen molar-refractivity contribution in [2.45, 2.75) is 39.7 Å². The maximum atomic E-state index is 13.0. The standard InChI is InChI=1S/C19H22N4O2S2/c1-4-9-20-16-13(17(24)22-10-7-6-8-15(22)21-16)11-14-18(25)23(12(3)5-2)19(26)27-14/h6-8,10-12,20H,4-5,9H2,1-3H3/b14-11-. The van der Waals surface area contributed by atoms with Crippen molar-refractivity contribution in [3.8, 4) is 0 Å². The fraction of sp³-hybridized carbons (Fsp3) is 0.368. The maximum absolute atomic E-state index is 13.0. The zero-order chi connectivity index (χ0) is 19.6. The largest absolute Gasteiger partial charge is 0.369 e. The lowest BCUT2D eigenvalue weighted by Crippen LogP contribution is -2.36. The van der Waals surface area contributed by atoms with Gasteiger partial charge in [-0.05, 0) is 38.0 Å². The van der Waals surface area contributed by atoms with Crippen molar-refractivity contribution < 1.29 is 4.79 Å². The van der Waals surface area contributed by atoms with E-state index in [1.807, 2.05) is 26.8 Å². The van der Waals surface area contributed by atoms with Crippen LogP contribution in [0.2, 0.25) is 0 Å². The van der Waals surface area contributed by atoms with E-state index < -0.39 is 0 Å². The van der Waals surface area contributed by atoms with Crippen LogP contribution in [0.15, 0.2) is 34.1 Å². The van der Waals surface area contributed by atoms with E-state index >= 15 is 0 Å². The normalized spacial score (nSPS) is 17.1. The second-order valence-electron chi connectivity index (χ2n) is 6.34. The van der Waals surface area contributed by atoms with Crippen LogP contribution in [-0.2, 0) is 4.79 Å². The minimum absolute atomic E-state index is 0.0249. The molecular weight excluding hydrogens is 380 g/mol. The Balaban J connectivity index is 2.11. The SMILES string of the molecule is CCCNc1nc2ccccn2c(=O)c1/C=C1\SC(=S)N(C(C)CC)C1=O. The van der Waals surface area contributed by atoms with Crippen LogP contribution in [0.4, 0.5) is 5.82 Å². The number of fused-ring (bicyclic) bond motifs is 1. The fourth-order valence-electron chi connectivity index (χ4n) is 2.78. The summed E-state index contributed by atoms with van der Waals surface area (Å²) in [5.41, 5.74) is 0.718. The minimum atomic E-state index is -0.215. The lowest BCUT2D eigenvalue weighted by atomic mass is 10.2. The van der Waals surface area contributed by atoms with Gasteiger partial charge >= 0.3 is 0 Å². The topological polar surface area (TPSA) is 66.7 Å². The van der Waals surface area contributed by atoms with Crippen LogP contribution in [0.5, 0.6) is 0 Å². The van der Waals surface area contributed by atoms with Gasteiger partial charge in [0.2, 0.25) is 0 Å². The van der Waals surface area contributed by atoms with Gasteiger partial charge in [-0.2, -0.15) is 0 Å². The van der Waals surface area contributed by atoms with Crippen LogP contribution in [0.3, 0.4) is 0 Å². The molecule has 1 fully saturated rings. The molecule has 2 aromatic heterocycles. The van der Waals surface area contributed by atoms with E-state index in [0.29, 0.717) is 32.8 Å². The van der Waals surface area contributed by atoms with Gasteiger partial charge in [-0.1, -0.05) is 43.9 Å². The predicted octanol–water partition coefficient (Wildman–Crippen LogP) is 3.52. The van der Waals surface area contributed by atoms with Crippen molar-refractivity contribution in [3.63, 3.8) is 0 Å². The molecular formula is C19H22N4O2S2. The van der Waals surface area contributed by atoms with Gasteiger partial charge in [0, 0.05) is 18.8 Å². The first-order valence-electron chi connectivity index (χ1n) is 9.00. The summed E-state index contributed by atoms with van der Waals surface area (Å²) in [5.74, 6) is 0.334. The minimum Gasteiger partial charge on any atom is -0.369 e. The number of rotatable bonds is 6. The number of amides is 1. The number of hydrogen-bond donors (Lipinski definition) is 1. The zero-order valence-electron chi connectivity index (χ0n) is 15.6. The molecule has 1 atom stereocenters. The van der Waals surface area contributed by atoms with Gasteiger partial charge in [-0.3, -0.25) is 18.9 Å². The zero-order valence-corrected chi connectivity index (χ0v) is 17.2. The van der Waals surface area contributed by atoms with Gasteiger partial charge in [0.25, 0.3) is 11.5 Å². The number of thioether (sulfide) groups is 1. The van der Waals surface area contributed by atoms with Gasteiger partial charge in [0.1, 0.15) is 15.8 Å². The van der Waals surface area contributed by atoms with Crippen LogP contribution in [0, 0.1) is 0 Å². The van der Waals surface area contributed by atoms with Crippen molar-refractivity contribution in [1.82, 2.24) is 14.3 Å². The Kier molecular flexibility index (Phi) is 5.96. The highest BCUT2D eigenvalue weighted by Crippen LogP contribution is 2.34. The molecule has 0 bridgehead atoms. The van der Waals surface area contributed by atoms with E-state index in [0.717, 1.165) is 12.8 Å². The number of pyridine rings is 1. The number of anilines is 1. The Hall–Kier alpha value is -2.19. The number of carbonyl (C=O) groups is 1. The Morgan fingerprint density at radius 3 is 2.81 bits per heavy atom. The molecule has 3 rings (SSSR count). The second kappa shape index (κ2) is 8.22. The van der Waals surface area contributed by atoms with E-state index in [2.05, 4.69) is 10.3 Å². The summed E-state index contributed by atoms with van der Waals surface area (Å²) in [5, 5.41) is 3.21. The molecule has 1 N–H and O–H groups in total. The van der Waals surface area contributed by atoms with Gasteiger partial charge < -0.3 is 5.32 Å². The molecule has 8 heteroatoms. The summed E-state index contributed by atoms with van der Waals surface area (Å²) in [4.78, 5) is 32.5. The highest BCUT2D eigenvalue weighted by atomic mass is 32.2. The molecule has 0 saturated carbocycles. The van der Waals surface area contributed by atoms with E-state index in [4.69, 9.17) is 12.2 Å². The average Bonchev–Trinajstić information content (AvgIpc) is 2.95. The van der Waals surface area contributed by atoms with Gasteiger partial charge in [0.05, 0.1) is 10.5 Å². The summed E-state index contributed by atoms with van der Waals surface area (Å²) in [6.07, 6.45) is 5.00. The van der Waals surface area contributed by atoms with Crippen molar-refractivity contribution in [3.05, 3.63) is 45.2 Å². The summed E-state index contributed by atoms with van der Waals surface area (Å²) in [6, 6.07) is 5.42. The van der Waals surface area contributed by atoms with Crippen LogP contribution in [0.25, 0.3) is 11.7 Å². The van der Waals surface area contributed by atoms with E-state index in [1.165, 1.54) is 16.2 Å².